The van der Waals surface area contributed by atoms with Crippen molar-refractivity contribution in [3.63, 3.8) is 0 Å². The molecule has 1 aromatic rings. The van der Waals surface area contributed by atoms with E-state index in [1.807, 2.05) is 0 Å². The molecule has 1 aromatic carbocycles. The molecule has 0 amide bonds. The molecule has 0 bridgehead atoms. The zero-order chi connectivity index (χ0) is 12.7. The molecular formula is C12H17NO4. The second-order valence-electron chi connectivity index (χ2n) is 3.76. The number of phenols is 1. The molecule has 0 spiro atoms. The van der Waals surface area contributed by atoms with Gasteiger partial charge in [-0.2, -0.15) is 0 Å². The number of carboxylic acid groups (broad SMARTS) is 1. The lowest BCUT2D eigenvalue weighted by Gasteiger charge is -2.19. The largest absolute Gasteiger partial charge is 0.508 e. The van der Waals surface area contributed by atoms with Crippen LogP contribution in [0.15, 0.2) is 24.3 Å². The zero-order valence-electron chi connectivity index (χ0n) is 9.80. The van der Waals surface area contributed by atoms with Gasteiger partial charge in [-0.3, -0.25) is 9.69 Å². The number of carbonyl (C=O) groups is 1. The summed E-state index contributed by atoms with van der Waals surface area (Å²) in [4.78, 5) is 12.5. The Hall–Kier alpha value is -1.59. The van der Waals surface area contributed by atoms with Crippen LogP contribution >= 0.6 is 0 Å². The summed E-state index contributed by atoms with van der Waals surface area (Å²) < 4.78 is 4.94. The summed E-state index contributed by atoms with van der Waals surface area (Å²) in [7, 11) is 1.58. The van der Waals surface area contributed by atoms with E-state index >= 15 is 0 Å². The maximum atomic E-state index is 10.7. The maximum absolute atomic E-state index is 10.7. The van der Waals surface area contributed by atoms with Gasteiger partial charge in [-0.05, 0) is 17.7 Å². The van der Waals surface area contributed by atoms with Gasteiger partial charge in [-0.25, -0.2) is 0 Å². The fourth-order valence-corrected chi connectivity index (χ4v) is 1.49. The summed E-state index contributed by atoms with van der Waals surface area (Å²) in [5.74, 6) is -0.657. The molecule has 0 aromatic heterocycles. The molecule has 0 heterocycles. The van der Waals surface area contributed by atoms with Crippen LogP contribution in [0.5, 0.6) is 5.75 Å². The summed E-state index contributed by atoms with van der Waals surface area (Å²) >= 11 is 0. The van der Waals surface area contributed by atoms with Crippen molar-refractivity contribution in [3.05, 3.63) is 29.8 Å². The van der Waals surface area contributed by atoms with Crippen LogP contribution in [0, 0.1) is 0 Å². The smallest absolute Gasteiger partial charge is 0.317 e. The first-order valence-electron chi connectivity index (χ1n) is 5.33. The number of benzene rings is 1. The second kappa shape index (κ2) is 6.88. The first kappa shape index (κ1) is 13.5. The molecule has 2 N–H and O–H groups in total. The first-order chi connectivity index (χ1) is 8.11. The first-order valence-corrected chi connectivity index (χ1v) is 5.33. The molecule has 17 heavy (non-hydrogen) atoms. The topological polar surface area (TPSA) is 70.0 Å². The molecule has 5 nitrogen and oxygen atoms in total. The zero-order valence-corrected chi connectivity index (χ0v) is 9.80. The third-order valence-electron chi connectivity index (χ3n) is 2.31. The van der Waals surface area contributed by atoms with Gasteiger partial charge >= 0.3 is 5.97 Å². The summed E-state index contributed by atoms with van der Waals surface area (Å²) in [6.07, 6.45) is 0. The Morgan fingerprint density at radius 1 is 1.35 bits per heavy atom. The number of methoxy groups -OCH3 is 1. The summed E-state index contributed by atoms with van der Waals surface area (Å²) in [5, 5.41) is 17.9. The standard InChI is InChI=1S/C12H17NO4/c1-17-7-6-13(9-12(15)16)8-10-2-4-11(14)5-3-10/h2-5,14H,6-9H2,1H3,(H,15,16). The van der Waals surface area contributed by atoms with Gasteiger partial charge in [0.05, 0.1) is 13.2 Å². The van der Waals surface area contributed by atoms with E-state index in [2.05, 4.69) is 0 Å². The summed E-state index contributed by atoms with van der Waals surface area (Å²) in [5.41, 5.74) is 0.958. The lowest BCUT2D eigenvalue weighted by molar-refractivity contribution is -0.138. The molecule has 0 aliphatic rings. The van der Waals surface area contributed by atoms with Crippen molar-refractivity contribution in [2.45, 2.75) is 6.54 Å². The van der Waals surface area contributed by atoms with Crippen LogP contribution in [0.4, 0.5) is 0 Å². The van der Waals surface area contributed by atoms with E-state index in [4.69, 9.17) is 14.9 Å². The fourth-order valence-electron chi connectivity index (χ4n) is 1.49. The Morgan fingerprint density at radius 2 is 2.00 bits per heavy atom. The van der Waals surface area contributed by atoms with Crippen molar-refractivity contribution in [1.29, 1.82) is 0 Å². The molecule has 1 rings (SSSR count). The SMILES string of the molecule is COCCN(CC(=O)O)Cc1ccc(O)cc1. The average molecular weight is 239 g/mol. The van der Waals surface area contributed by atoms with Crippen LogP contribution in [0.25, 0.3) is 0 Å². The van der Waals surface area contributed by atoms with Crippen LogP contribution in [0.2, 0.25) is 0 Å². The van der Waals surface area contributed by atoms with E-state index in [0.29, 0.717) is 19.7 Å². The van der Waals surface area contributed by atoms with E-state index in [-0.39, 0.29) is 12.3 Å². The predicted molar refractivity (Wildman–Crippen MR) is 62.9 cm³/mol. The van der Waals surface area contributed by atoms with Crippen LogP contribution in [0.3, 0.4) is 0 Å². The number of carboxylic acids is 1. The van der Waals surface area contributed by atoms with Gasteiger partial charge in [0.1, 0.15) is 5.75 Å². The quantitative estimate of drug-likeness (QED) is 0.740. The maximum Gasteiger partial charge on any atom is 0.317 e. The highest BCUT2D eigenvalue weighted by Crippen LogP contribution is 2.11. The Bertz CT molecular complexity index is 350. The van der Waals surface area contributed by atoms with Gasteiger partial charge in [0.15, 0.2) is 0 Å². The van der Waals surface area contributed by atoms with E-state index in [1.165, 1.54) is 0 Å². The molecule has 0 unspecified atom stereocenters. The minimum atomic E-state index is -0.861. The van der Waals surface area contributed by atoms with Crippen molar-refractivity contribution < 1.29 is 19.7 Å². The van der Waals surface area contributed by atoms with Crippen LogP contribution < -0.4 is 0 Å². The van der Waals surface area contributed by atoms with Crippen molar-refractivity contribution in [2.24, 2.45) is 0 Å². The molecule has 5 heteroatoms. The summed E-state index contributed by atoms with van der Waals surface area (Å²) in [6.45, 7) is 1.55. The predicted octanol–water partition coefficient (Wildman–Crippen LogP) is 0.925. The fraction of sp³-hybridized carbons (Fsp3) is 0.417. The lowest BCUT2D eigenvalue weighted by atomic mass is 10.2. The van der Waals surface area contributed by atoms with E-state index in [9.17, 15) is 4.79 Å². The van der Waals surface area contributed by atoms with E-state index in [1.54, 1.807) is 36.3 Å². The highest BCUT2D eigenvalue weighted by atomic mass is 16.5. The number of phenolic OH excluding ortho intramolecular Hbond substituents is 1. The minimum absolute atomic E-state index is 0.0236. The Balaban J connectivity index is 2.57. The molecule has 0 saturated heterocycles. The number of rotatable bonds is 7. The van der Waals surface area contributed by atoms with Crippen LogP contribution in [0.1, 0.15) is 5.56 Å². The molecular weight excluding hydrogens is 222 g/mol. The number of nitrogens with zero attached hydrogens (tertiary/aromatic N) is 1. The number of aliphatic carboxylic acids is 1. The summed E-state index contributed by atoms with van der Waals surface area (Å²) in [6, 6.07) is 6.73. The normalized spacial score (nSPS) is 10.7. The number of hydrogen-bond donors (Lipinski definition) is 2. The van der Waals surface area contributed by atoms with Gasteiger partial charge in [-0.1, -0.05) is 12.1 Å². The van der Waals surface area contributed by atoms with Crippen molar-refractivity contribution in [2.75, 3.05) is 26.8 Å². The Morgan fingerprint density at radius 3 is 2.53 bits per heavy atom. The third kappa shape index (κ3) is 5.33. The van der Waals surface area contributed by atoms with E-state index < -0.39 is 5.97 Å². The minimum Gasteiger partial charge on any atom is -0.508 e. The molecule has 0 aliphatic heterocycles. The van der Waals surface area contributed by atoms with Crippen LogP contribution in [-0.2, 0) is 16.1 Å². The Labute approximate surface area is 100 Å². The van der Waals surface area contributed by atoms with E-state index in [0.717, 1.165) is 5.56 Å². The van der Waals surface area contributed by atoms with Crippen molar-refractivity contribution in [1.82, 2.24) is 4.90 Å². The number of aromatic hydroxyl groups is 1. The van der Waals surface area contributed by atoms with Crippen LogP contribution in [-0.4, -0.2) is 47.9 Å². The van der Waals surface area contributed by atoms with Gasteiger partial charge in [0.2, 0.25) is 0 Å². The van der Waals surface area contributed by atoms with Gasteiger partial charge < -0.3 is 14.9 Å². The van der Waals surface area contributed by atoms with Gasteiger partial charge in [0, 0.05) is 20.2 Å². The molecule has 0 aliphatic carbocycles. The molecule has 0 saturated carbocycles. The molecule has 0 atom stereocenters. The highest BCUT2D eigenvalue weighted by molar-refractivity contribution is 5.69. The monoisotopic (exact) mass is 239 g/mol. The average Bonchev–Trinajstić information content (AvgIpc) is 2.28. The van der Waals surface area contributed by atoms with Crippen molar-refractivity contribution >= 4 is 5.97 Å². The highest BCUT2D eigenvalue weighted by Gasteiger charge is 2.09. The lowest BCUT2D eigenvalue weighted by Crippen LogP contribution is -2.32. The van der Waals surface area contributed by atoms with Gasteiger partial charge in [-0.15, -0.1) is 0 Å². The Kier molecular flexibility index (Phi) is 5.45. The second-order valence-corrected chi connectivity index (χ2v) is 3.76. The third-order valence-corrected chi connectivity index (χ3v) is 2.31. The number of hydrogen-bond acceptors (Lipinski definition) is 4. The van der Waals surface area contributed by atoms with Crippen molar-refractivity contribution in [3.8, 4) is 5.75 Å². The number of ether oxygens (including phenoxy) is 1. The molecule has 0 radical (unpaired) electrons. The molecule has 0 fully saturated rings. The van der Waals surface area contributed by atoms with Gasteiger partial charge in [0.25, 0.3) is 0 Å². The molecule has 94 valence electrons.